The third kappa shape index (κ3) is 17.2. The molecular formula is C10H22N4. The van der Waals surface area contributed by atoms with Crippen molar-refractivity contribution >= 4 is 0 Å². The van der Waals surface area contributed by atoms with E-state index < -0.39 is 0 Å². The quantitative estimate of drug-likeness (QED) is 0.702. The third-order valence-corrected chi connectivity index (χ3v) is 1.08. The lowest BCUT2D eigenvalue weighted by atomic mass is 10.5. The standard InChI is InChI=1S/C5H6N2.C3H9N.C2H7N/c1-5-2-3-6-4-7-5;1-3-4-2;1-3-2/h2-4H,1H3;4H,3H2,1-2H3;3H,1-2H3. The molecule has 1 aromatic rings. The largest absolute Gasteiger partial charge is 0.323 e. The first-order valence-corrected chi connectivity index (χ1v) is 4.68. The lowest BCUT2D eigenvalue weighted by molar-refractivity contribution is 0.864. The summed E-state index contributed by atoms with van der Waals surface area (Å²) in [6.45, 7) is 5.07. The summed E-state index contributed by atoms with van der Waals surface area (Å²) in [5.41, 5.74) is 1.01. The van der Waals surface area contributed by atoms with Crippen LogP contribution in [0.3, 0.4) is 0 Å². The molecular weight excluding hydrogens is 176 g/mol. The molecule has 0 spiro atoms. The van der Waals surface area contributed by atoms with E-state index in [4.69, 9.17) is 0 Å². The summed E-state index contributed by atoms with van der Waals surface area (Å²) >= 11 is 0. The molecule has 0 aromatic carbocycles. The second-order valence-corrected chi connectivity index (χ2v) is 2.56. The number of aromatic nitrogens is 2. The van der Waals surface area contributed by atoms with Crippen molar-refractivity contribution in [2.24, 2.45) is 0 Å². The second-order valence-electron chi connectivity index (χ2n) is 2.56. The molecule has 4 nitrogen and oxygen atoms in total. The van der Waals surface area contributed by atoms with E-state index in [2.05, 4.69) is 27.5 Å². The van der Waals surface area contributed by atoms with Crippen LogP contribution in [0.5, 0.6) is 0 Å². The molecule has 2 N–H and O–H groups in total. The van der Waals surface area contributed by atoms with Crippen LogP contribution in [-0.2, 0) is 0 Å². The first-order chi connectivity index (χ1) is 6.72. The molecule has 14 heavy (non-hydrogen) atoms. The fraction of sp³-hybridized carbons (Fsp3) is 0.600. The molecule has 0 fully saturated rings. The maximum absolute atomic E-state index is 3.87. The average molecular weight is 198 g/mol. The Hall–Kier alpha value is -1.00. The summed E-state index contributed by atoms with van der Waals surface area (Å²) < 4.78 is 0. The Kier molecular flexibility index (Phi) is 16.0. The van der Waals surface area contributed by atoms with Crippen LogP contribution in [-0.4, -0.2) is 37.7 Å². The van der Waals surface area contributed by atoms with Crippen LogP contribution >= 0.6 is 0 Å². The molecule has 0 aliphatic carbocycles. The van der Waals surface area contributed by atoms with Crippen molar-refractivity contribution in [2.75, 3.05) is 27.7 Å². The topological polar surface area (TPSA) is 49.8 Å². The second kappa shape index (κ2) is 14.5. The van der Waals surface area contributed by atoms with Crippen molar-refractivity contribution in [3.05, 3.63) is 24.3 Å². The maximum atomic E-state index is 3.87. The summed E-state index contributed by atoms with van der Waals surface area (Å²) in [6, 6.07) is 1.86. The van der Waals surface area contributed by atoms with Gasteiger partial charge in [-0.25, -0.2) is 9.97 Å². The molecule has 0 atom stereocenters. The van der Waals surface area contributed by atoms with Crippen molar-refractivity contribution < 1.29 is 0 Å². The van der Waals surface area contributed by atoms with E-state index in [1.54, 1.807) is 6.20 Å². The van der Waals surface area contributed by atoms with Gasteiger partial charge in [-0.1, -0.05) is 6.92 Å². The van der Waals surface area contributed by atoms with E-state index in [-0.39, 0.29) is 0 Å². The molecule has 1 rings (SSSR count). The first kappa shape index (κ1) is 15.5. The highest BCUT2D eigenvalue weighted by atomic mass is 14.8. The van der Waals surface area contributed by atoms with Crippen molar-refractivity contribution in [1.82, 2.24) is 20.6 Å². The molecule has 1 aromatic heterocycles. The smallest absolute Gasteiger partial charge is 0.115 e. The normalized spacial score (nSPS) is 7.79. The van der Waals surface area contributed by atoms with Crippen molar-refractivity contribution in [2.45, 2.75) is 13.8 Å². The monoisotopic (exact) mass is 198 g/mol. The van der Waals surface area contributed by atoms with Gasteiger partial charge in [0.15, 0.2) is 0 Å². The van der Waals surface area contributed by atoms with Crippen molar-refractivity contribution in [3.8, 4) is 0 Å². The number of nitrogens with zero attached hydrogens (tertiary/aromatic N) is 2. The molecule has 0 aliphatic heterocycles. The number of aryl methyl sites for hydroxylation is 1. The number of nitrogens with one attached hydrogen (secondary N) is 2. The van der Waals surface area contributed by atoms with E-state index >= 15 is 0 Å². The summed E-state index contributed by atoms with van der Waals surface area (Å²) in [6.07, 6.45) is 3.26. The Morgan fingerprint density at radius 2 is 1.79 bits per heavy atom. The Bertz CT molecular complexity index is 175. The summed E-state index contributed by atoms with van der Waals surface area (Å²) in [5.74, 6) is 0. The summed E-state index contributed by atoms with van der Waals surface area (Å²) in [5, 5.41) is 5.68. The van der Waals surface area contributed by atoms with Gasteiger partial charge in [-0.3, -0.25) is 0 Å². The number of hydrogen-bond acceptors (Lipinski definition) is 4. The van der Waals surface area contributed by atoms with Crippen LogP contribution < -0.4 is 10.6 Å². The van der Waals surface area contributed by atoms with Crippen LogP contribution in [0.1, 0.15) is 12.6 Å². The van der Waals surface area contributed by atoms with E-state index in [0.29, 0.717) is 0 Å². The Labute approximate surface area is 87.2 Å². The minimum absolute atomic E-state index is 1.01. The predicted octanol–water partition coefficient (Wildman–Crippen LogP) is 0.846. The SMILES string of the molecule is CCNC.CNC.Cc1ccncn1. The van der Waals surface area contributed by atoms with Gasteiger partial charge in [-0.2, -0.15) is 0 Å². The highest BCUT2D eigenvalue weighted by molar-refractivity contribution is 4.92. The first-order valence-electron chi connectivity index (χ1n) is 4.68. The van der Waals surface area contributed by atoms with E-state index in [0.717, 1.165) is 12.2 Å². The fourth-order valence-corrected chi connectivity index (χ4v) is 0.357. The maximum Gasteiger partial charge on any atom is 0.115 e. The molecule has 0 unspecified atom stereocenters. The predicted molar refractivity (Wildman–Crippen MR) is 61.4 cm³/mol. The molecule has 0 radical (unpaired) electrons. The highest BCUT2D eigenvalue weighted by Gasteiger charge is 1.74. The lowest BCUT2D eigenvalue weighted by Gasteiger charge is -1.81. The van der Waals surface area contributed by atoms with Gasteiger partial charge in [0.1, 0.15) is 6.33 Å². The Morgan fingerprint density at radius 1 is 1.29 bits per heavy atom. The van der Waals surface area contributed by atoms with E-state index in [9.17, 15) is 0 Å². The minimum Gasteiger partial charge on any atom is -0.323 e. The average Bonchev–Trinajstić information content (AvgIpc) is 2.21. The van der Waals surface area contributed by atoms with Crippen LogP contribution in [0.2, 0.25) is 0 Å². The van der Waals surface area contributed by atoms with Crippen molar-refractivity contribution in [3.63, 3.8) is 0 Å². The van der Waals surface area contributed by atoms with E-state index in [1.807, 2.05) is 34.1 Å². The Morgan fingerprint density at radius 3 is 1.93 bits per heavy atom. The van der Waals surface area contributed by atoms with Gasteiger partial charge >= 0.3 is 0 Å². The molecule has 0 saturated heterocycles. The minimum atomic E-state index is 1.01. The molecule has 0 bridgehead atoms. The van der Waals surface area contributed by atoms with Gasteiger partial charge in [-0.05, 0) is 40.7 Å². The molecule has 4 heteroatoms. The lowest BCUT2D eigenvalue weighted by Crippen LogP contribution is -2.01. The van der Waals surface area contributed by atoms with Gasteiger partial charge in [0, 0.05) is 11.9 Å². The zero-order valence-corrected chi connectivity index (χ0v) is 9.83. The number of hydrogen-bond donors (Lipinski definition) is 2. The fourth-order valence-electron chi connectivity index (χ4n) is 0.357. The summed E-state index contributed by atoms with van der Waals surface area (Å²) in [7, 11) is 5.68. The Balaban J connectivity index is 0. The molecule has 82 valence electrons. The van der Waals surface area contributed by atoms with Gasteiger partial charge < -0.3 is 10.6 Å². The molecule has 0 aliphatic rings. The van der Waals surface area contributed by atoms with Gasteiger partial charge in [0.05, 0.1) is 0 Å². The zero-order chi connectivity index (χ0) is 11.2. The van der Waals surface area contributed by atoms with E-state index in [1.165, 1.54) is 6.33 Å². The molecule has 1 heterocycles. The number of rotatable bonds is 1. The summed E-state index contributed by atoms with van der Waals surface area (Å²) in [4.78, 5) is 7.60. The molecule has 0 amide bonds. The van der Waals surface area contributed by atoms with Gasteiger partial charge in [-0.15, -0.1) is 0 Å². The van der Waals surface area contributed by atoms with Crippen LogP contribution in [0.15, 0.2) is 18.6 Å². The van der Waals surface area contributed by atoms with Crippen molar-refractivity contribution in [1.29, 1.82) is 0 Å². The zero-order valence-electron chi connectivity index (χ0n) is 9.83. The van der Waals surface area contributed by atoms with Crippen LogP contribution in [0.25, 0.3) is 0 Å². The highest BCUT2D eigenvalue weighted by Crippen LogP contribution is 1.82. The van der Waals surface area contributed by atoms with Crippen LogP contribution in [0, 0.1) is 6.92 Å². The van der Waals surface area contributed by atoms with Gasteiger partial charge in [0.25, 0.3) is 0 Å². The van der Waals surface area contributed by atoms with Gasteiger partial charge in [0.2, 0.25) is 0 Å². The van der Waals surface area contributed by atoms with Crippen LogP contribution in [0.4, 0.5) is 0 Å². The third-order valence-electron chi connectivity index (χ3n) is 1.08. The molecule has 0 saturated carbocycles.